The Morgan fingerprint density at radius 2 is 1.24 bits per heavy atom. The first-order valence-electron chi connectivity index (χ1n) is 24.3. The summed E-state index contributed by atoms with van der Waals surface area (Å²) in [6.45, 7) is 13.9. The summed E-state index contributed by atoms with van der Waals surface area (Å²) in [4.78, 5) is 24.7. The molecule has 0 spiro atoms. The van der Waals surface area contributed by atoms with Crippen molar-refractivity contribution < 1.29 is 79.6 Å². The predicted octanol–water partition coefficient (Wildman–Crippen LogP) is 5.38. The SMILES string of the molecule is C/C=C1/CCC2C3C(CC[C@]12C)[C@@]1(C)CC[C@H](N)CC1[C@@H](O)[C@@H]3O.C/C=C1/CCC2C3C(CC[C@]12C)[C@@]1(C)CC[C@H](NC(=O)C[C@@H]2SC[C@@H]4NC(=O)N[C@@H]42)CC1[C@@H](O)[C@@H]3O.O.[Ac]. The average molecular weight is 1100 g/mol. The van der Waals surface area contributed by atoms with E-state index in [2.05, 4.69) is 69.6 Å². The van der Waals surface area contributed by atoms with Gasteiger partial charge >= 0.3 is 6.03 Å². The molecule has 2 heterocycles. The molecule has 10 rings (SSSR count). The number of nitrogens with two attached hydrogens (primary N) is 1. The molecule has 0 aromatic rings. The standard InChI is InChI=1S/C28H43N3O4S.C21H35NO2.Ac.H2O/c1-4-14-5-6-16-22-17(8-10-27(14,16)2)28(3)9-7-15(11-18(28)24(33)25(22)34)29-21(32)12-20-23-19(13-36-20)30-26(35)31-23;1-4-12-5-6-14-17-15(8-10-20(12,14)2)21(3)9-7-13(22)11-16(21)18(23)19(17)24;;/h4,15-20,22-25,33-34H,5-13H2,1-3H3,(H,29,32)(H2,30,31,35);4,13-19,23-24H,5-11,22H2,1-3H3;;1H2/b14-4-;12-4-;;/t15-,16?,17?,18?,19-,20-,22?,23-,24+,25+,27+,28+;13-,14?,15?,16?,17?,18+,19+,20+,21+;;/m00../s1. The summed E-state index contributed by atoms with van der Waals surface area (Å²) in [7, 11) is 0. The van der Waals surface area contributed by atoms with Gasteiger partial charge in [-0.3, -0.25) is 4.79 Å². The van der Waals surface area contributed by atoms with Crippen LogP contribution < -0.4 is 21.7 Å². The van der Waals surface area contributed by atoms with Crippen LogP contribution in [0.2, 0.25) is 0 Å². The van der Waals surface area contributed by atoms with Gasteiger partial charge in [0.1, 0.15) is 0 Å². The number of hydrogen-bond donors (Lipinski definition) is 8. The predicted molar refractivity (Wildman–Crippen MR) is 240 cm³/mol. The third-order valence-electron chi connectivity index (χ3n) is 20.6. The normalized spacial score (nSPS) is 53.3. The molecule has 2 saturated heterocycles. The van der Waals surface area contributed by atoms with Crippen molar-refractivity contribution in [1.82, 2.24) is 16.0 Å². The van der Waals surface area contributed by atoms with E-state index < -0.39 is 24.4 Å². The number of aliphatic hydroxyl groups excluding tert-OH is 4. The number of aliphatic hydroxyl groups is 4. The first kappa shape index (κ1) is 49.7. The average Bonchev–Trinajstić information content (AvgIpc) is 3.97. The number of urea groups is 1. The van der Waals surface area contributed by atoms with Crippen LogP contribution in [0, 0.1) is 113 Å². The molecule has 347 valence electrons. The third kappa shape index (κ3) is 7.79. The number of carbonyl (C=O) groups excluding carboxylic acids is 2. The smallest absolute Gasteiger partial charge is 0.315 e. The minimum Gasteiger partial charge on any atom is -0.412 e. The Balaban J connectivity index is 0.000000194. The van der Waals surface area contributed by atoms with Crippen molar-refractivity contribution in [2.45, 2.75) is 192 Å². The Kier molecular flexibility index (Phi) is 14.7. The second-order valence-electron chi connectivity index (χ2n) is 22.8. The number of rotatable bonds is 3. The summed E-state index contributed by atoms with van der Waals surface area (Å²) in [6, 6.07) is 0.223. The van der Waals surface area contributed by atoms with Gasteiger partial charge in [-0.15, -0.1) is 0 Å². The molecular weight excluding hydrogens is 1020 g/mol. The number of allylic oxidation sites excluding steroid dienone is 4. The summed E-state index contributed by atoms with van der Waals surface area (Å²) >= 11 is 1.75. The molecular formula is C49H80AcN4O7S. The molecule has 10 fully saturated rings. The third-order valence-corrected chi connectivity index (χ3v) is 22.1. The van der Waals surface area contributed by atoms with Crippen LogP contribution in [0.3, 0.4) is 0 Å². The zero-order chi connectivity index (χ0) is 42.7. The first-order chi connectivity index (χ1) is 28.5. The van der Waals surface area contributed by atoms with Crippen molar-refractivity contribution in [1.29, 1.82) is 0 Å². The van der Waals surface area contributed by atoms with Crippen molar-refractivity contribution in [3.05, 3.63) is 23.3 Å². The summed E-state index contributed by atoms with van der Waals surface area (Å²) < 4.78 is 0. The van der Waals surface area contributed by atoms with Crippen LogP contribution in [-0.2, 0) is 4.79 Å². The van der Waals surface area contributed by atoms with Crippen molar-refractivity contribution in [2.24, 2.45) is 74.7 Å². The Bertz CT molecular complexity index is 1750. The van der Waals surface area contributed by atoms with Crippen molar-refractivity contribution in [3.8, 4) is 0 Å². The van der Waals surface area contributed by atoms with E-state index in [1.807, 2.05) is 0 Å². The summed E-state index contributed by atoms with van der Waals surface area (Å²) in [5.41, 5.74) is 9.91. The van der Waals surface area contributed by atoms with Gasteiger partial charge in [0.05, 0.1) is 36.5 Å². The zero-order valence-corrected chi connectivity index (χ0v) is 44.0. The van der Waals surface area contributed by atoms with E-state index in [4.69, 9.17) is 5.73 Å². The van der Waals surface area contributed by atoms with Gasteiger partial charge in [-0.25, -0.2) is 4.79 Å². The van der Waals surface area contributed by atoms with Gasteiger partial charge in [0, 0.05) is 73.6 Å². The number of carbonyl (C=O) groups is 2. The summed E-state index contributed by atoms with van der Waals surface area (Å²) in [5.74, 6) is 3.41. The summed E-state index contributed by atoms with van der Waals surface area (Å²) in [6.07, 6.45) is 17.5. The molecule has 10 aliphatic rings. The van der Waals surface area contributed by atoms with Crippen LogP contribution in [0.5, 0.6) is 0 Å². The second-order valence-corrected chi connectivity index (χ2v) is 24.1. The number of thioether (sulfide) groups is 1. The van der Waals surface area contributed by atoms with E-state index in [1.54, 1.807) is 22.9 Å². The van der Waals surface area contributed by atoms with E-state index in [9.17, 15) is 30.0 Å². The number of nitrogens with one attached hydrogen (secondary N) is 3. The van der Waals surface area contributed by atoms with Crippen LogP contribution >= 0.6 is 11.8 Å². The largest absolute Gasteiger partial charge is 0.412 e. The van der Waals surface area contributed by atoms with Crippen molar-refractivity contribution >= 4 is 23.7 Å². The minimum absolute atomic E-state index is 0. The van der Waals surface area contributed by atoms with Crippen LogP contribution in [0.15, 0.2) is 23.3 Å². The molecule has 62 heavy (non-hydrogen) atoms. The van der Waals surface area contributed by atoms with Crippen LogP contribution in [-0.4, -0.2) is 97.4 Å². The van der Waals surface area contributed by atoms with Gasteiger partial charge in [-0.05, 0) is 173 Å². The van der Waals surface area contributed by atoms with Gasteiger partial charge in [-0.2, -0.15) is 11.8 Å². The monoisotopic (exact) mass is 1100 g/mol. The van der Waals surface area contributed by atoms with E-state index in [-0.39, 0.29) is 136 Å². The zero-order valence-electron chi connectivity index (χ0n) is 38.5. The fourth-order valence-corrected chi connectivity index (χ4v) is 18.8. The maximum Gasteiger partial charge on any atom is 0.315 e. The van der Waals surface area contributed by atoms with Crippen LogP contribution in [0.25, 0.3) is 0 Å². The van der Waals surface area contributed by atoms with E-state index in [0.717, 1.165) is 63.5 Å². The maximum atomic E-state index is 13.0. The molecule has 11 nitrogen and oxygen atoms in total. The molecule has 3 amide bonds. The topological polar surface area (TPSA) is 209 Å². The molecule has 11 N–H and O–H groups in total. The molecule has 1 radical (unpaired) electrons. The molecule has 8 aliphatic carbocycles. The Labute approximate surface area is 411 Å². The van der Waals surface area contributed by atoms with E-state index in [1.165, 1.54) is 32.1 Å². The quantitative estimate of drug-likeness (QED) is 0.136. The molecule has 13 heteroatoms. The van der Waals surface area contributed by atoms with Crippen LogP contribution in [0.4, 0.5) is 4.79 Å². The van der Waals surface area contributed by atoms with E-state index >= 15 is 0 Å². The van der Waals surface area contributed by atoms with Gasteiger partial charge in [0.15, 0.2) is 0 Å². The Morgan fingerprint density at radius 3 is 1.77 bits per heavy atom. The molecule has 0 aromatic heterocycles. The van der Waals surface area contributed by atoms with Crippen molar-refractivity contribution in [3.63, 3.8) is 0 Å². The first-order valence-corrected chi connectivity index (χ1v) is 25.3. The van der Waals surface area contributed by atoms with Gasteiger partial charge in [-0.1, -0.05) is 51.0 Å². The number of hydrogen-bond acceptors (Lipinski definition) is 8. The Hall–Kier alpha value is -0.228. The van der Waals surface area contributed by atoms with Gasteiger partial charge < -0.3 is 47.6 Å². The number of amides is 3. The molecule has 8 unspecified atom stereocenters. The fraction of sp³-hybridized carbons (Fsp3) is 0.878. The number of fused-ring (bicyclic) bond motifs is 11. The molecule has 0 aromatic carbocycles. The van der Waals surface area contributed by atoms with Crippen LogP contribution in [0.1, 0.15) is 138 Å². The minimum atomic E-state index is -0.737. The second kappa shape index (κ2) is 18.4. The molecule has 8 saturated carbocycles. The maximum absolute atomic E-state index is 13.0. The Morgan fingerprint density at radius 1 is 0.726 bits per heavy atom. The molecule has 21 atom stereocenters. The van der Waals surface area contributed by atoms with Gasteiger partial charge in [0.25, 0.3) is 0 Å². The molecule has 2 aliphatic heterocycles. The molecule has 0 bridgehead atoms. The van der Waals surface area contributed by atoms with Gasteiger partial charge in [0.2, 0.25) is 5.91 Å². The summed E-state index contributed by atoms with van der Waals surface area (Å²) in [5, 5.41) is 54.4. The fourth-order valence-electron chi connectivity index (χ4n) is 17.4. The van der Waals surface area contributed by atoms with E-state index in [0.29, 0.717) is 30.1 Å². The van der Waals surface area contributed by atoms with Crippen molar-refractivity contribution in [2.75, 3.05) is 5.75 Å².